The Morgan fingerprint density at radius 2 is 1.61 bits per heavy atom. The van der Waals surface area contributed by atoms with E-state index in [9.17, 15) is 9.59 Å². The third-order valence-electron chi connectivity index (χ3n) is 5.36. The lowest BCUT2D eigenvalue weighted by molar-refractivity contribution is 0.109. The molecule has 3 aliphatic rings. The molecule has 0 aromatic carbocycles. The normalized spacial score (nSPS) is 26.6. The van der Waals surface area contributed by atoms with Gasteiger partial charge in [-0.05, 0) is 45.2 Å². The lowest BCUT2D eigenvalue weighted by atomic mass is 10.1. The summed E-state index contributed by atoms with van der Waals surface area (Å²) >= 11 is 0. The topological polar surface area (TPSA) is 65.1 Å². The van der Waals surface area contributed by atoms with Crippen molar-refractivity contribution < 1.29 is 14.3 Å². The van der Waals surface area contributed by atoms with Crippen LogP contribution in [0.15, 0.2) is 0 Å². The minimum absolute atomic E-state index is 0.0585. The van der Waals surface area contributed by atoms with Crippen molar-refractivity contribution in [2.45, 2.75) is 44.2 Å². The van der Waals surface area contributed by atoms with E-state index in [2.05, 4.69) is 10.2 Å². The van der Waals surface area contributed by atoms with E-state index in [0.717, 1.165) is 32.4 Å². The predicted octanol–water partition coefficient (Wildman–Crippen LogP) is 1.10. The lowest BCUT2D eigenvalue weighted by Gasteiger charge is -2.32. The molecule has 7 nitrogen and oxygen atoms in total. The van der Waals surface area contributed by atoms with Crippen LogP contribution in [-0.2, 0) is 4.74 Å². The van der Waals surface area contributed by atoms with Crippen LogP contribution >= 0.6 is 0 Å². The Morgan fingerprint density at radius 1 is 0.957 bits per heavy atom. The number of carbonyl (C=O) groups excluding carboxylic acids is 2. The van der Waals surface area contributed by atoms with Crippen LogP contribution in [0.25, 0.3) is 0 Å². The molecule has 3 fully saturated rings. The summed E-state index contributed by atoms with van der Waals surface area (Å²) in [5, 5.41) is 3.14. The third-order valence-corrected chi connectivity index (χ3v) is 5.36. The number of carbonyl (C=O) groups is 2. The number of amides is 3. The van der Waals surface area contributed by atoms with Gasteiger partial charge in [0.2, 0.25) is 0 Å². The number of nitrogens with one attached hydrogen (secondary N) is 1. The zero-order chi connectivity index (χ0) is 16.2. The summed E-state index contributed by atoms with van der Waals surface area (Å²) < 4.78 is 4.73. The van der Waals surface area contributed by atoms with Gasteiger partial charge in [-0.2, -0.15) is 0 Å². The summed E-state index contributed by atoms with van der Waals surface area (Å²) in [6, 6.07) is 0.766. The van der Waals surface area contributed by atoms with Crippen LogP contribution in [0, 0.1) is 0 Å². The first-order valence-corrected chi connectivity index (χ1v) is 8.80. The molecule has 0 saturated carbocycles. The molecule has 23 heavy (non-hydrogen) atoms. The molecule has 0 radical (unpaired) electrons. The SMILES string of the molecule is COC(=O)N1CCC(NC(=O)N2CC[C@H](N3CCCC3)C2)CC1. The standard InChI is InChI=1S/C16H28N4O3/c1-23-16(22)19-9-4-13(5-10-19)17-15(21)20-11-6-14(12-20)18-7-2-3-8-18/h13-14H,2-12H2,1H3,(H,17,21)/t14-/m0/s1. The smallest absolute Gasteiger partial charge is 0.409 e. The average molecular weight is 324 g/mol. The Kier molecular flexibility index (Phi) is 5.25. The number of rotatable bonds is 2. The van der Waals surface area contributed by atoms with Gasteiger partial charge in [-0.3, -0.25) is 4.90 Å². The maximum atomic E-state index is 12.4. The van der Waals surface area contributed by atoms with Gasteiger partial charge in [-0.25, -0.2) is 9.59 Å². The molecule has 3 heterocycles. The Hall–Kier alpha value is -1.50. The van der Waals surface area contributed by atoms with Gasteiger partial charge in [0.05, 0.1) is 7.11 Å². The quantitative estimate of drug-likeness (QED) is 0.826. The van der Waals surface area contributed by atoms with E-state index in [0.29, 0.717) is 19.1 Å². The van der Waals surface area contributed by atoms with E-state index >= 15 is 0 Å². The van der Waals surface area contributed by atoms with Gasteiger partial charge in [0.15, 0.2) is 0 Å². The van der Waals surface area contributed by atoms with E-state index in [4.69, 9.17) is 4.74 Å². The molecule has 1 N–H and O–H groups in total. The van der Waals surface area contributed by atoms with Crippen molar-refractivity contribution in [3.63, 3.8) is 0 Å². The number of methoxy groups -OCH3 is 1. The Bertz CT molecular complexity index is 431. The van der Waals surface area contributed by atoms with Crippen LogP contribution in [-0.4, -0.2) is 85.3 Å². The lowest BCUT2D eigenvalue weighted by Crippen LogP contribution is -2.50. The summed E-state index contributed by atoms with van der Waals surface area (Å²) in [7, 11) is 1.40. The zero-order valence-corrected chi connectivity index (χ0v) is 14.0. The summed E-state index contributed by atoms with van der Waals surface area (Å²) in [5.74, 6) is 0. The van der Waals surface area contributed by atoms with Crippen LogP contribution in [0.4, 0.5) is 9.59 Å². The van der Waals surface area contributed by atoms with E-state index in [-0.39, 0.29) is 18.2 Å². The van der Waals surface area contributed by atoms with Crippen molar-refractivity contribution >= 4 is 12.1 Å². The van der Waals surface area contributed by atoms with Gasteiger partial charge in [0.25, 0.3) is 0 Å². The summed E-state index contributed by atoms with van der Waals surface area (Å²) in [6.45, 7) is 5.38. The Labute approximate surface area is 137 Å². The van der Waals surface area contributed by atoms with Gasteiger partial charge in [0, 0.05) is 38.3 Å². The maximum absolute atomic E-state index is 12.4. The van der Waals surface area contributed by atoms with Crippen molar-refractivity contribution in [1.29, 1.82) is 0 Å². The minimum Gasteiger partial charge on any atom is -0.453 e. The van der Waals surface area contributed by atoms with Gasteiger partial charge >= 0.3 is 12.1 Å². The first-order valence-electron chi connectivity index (χ1n) is 8.80. The number of hydrogen-bond donors (Lipinski definition) is 1. The number of hydrogen-bond acceptors (Lipinski definition) is 4. The van der Waals surface area contributed by atoms with Crippen LogP contribution in [0.1, 0.15) is 32.1 Å². The molecular weight excluding hydrogens is 296 g/mol. The van der Waals surface area contributed by atoms with E-state index in [1.807, 2.05) is 4.90 Å². The Morgan fingerprint density at radius 3 is 2.26 bits per heavy atom. The molecular formula is C16H28N4O3. The highest BCUT2D eigenvalue weighted by molar-refractivity contribution is 5.75. The average Bonchev–Trinajstić information content (AvgIpc) is 3.25. The molecule has 0 aliphatic carbocycles. The van der Waals surface area contributed by atoms with Crippen molar-refractivity contribution in [2.24, 2.45) is 0 Å². The molecule has 3 amide bonds. The summed E-state index contributed by atoms with van der Waals surface area (Å²) in [6.07, 6.45) is 4.99. The van der Waals surface area contributed by atoms with Gasteiger partial charge in [0.1, 0.15) is 0 Å². The molecule has 0 aromatic rings. The largest absolute Gasteiger partial charge is 0.453 e. The number of nitrogens with zero attached hydrogens (tertiary/aromatic N) is 3. The molecule has 3 rings (SSSR count). The molecule has 1 atom stereocenters. The van der Waals surface area contributed by atoms with E-state index < -0.39 is 0 Å². The van der Waals surface area contributed by atoms with Crippen molar-refractivity contribution in [2.75, 3.05) is 46.4 Å². The number of piperidine rings is 1. The van der Waals surface area contributed by atoms with Crippen molar-refractivity contribution in [3.8, 4) is 0 Å². The molecule has 3 saturated heterocycles. The van der Waals surface area contributed by atoms with Gasteiger partial charge < -0.3 is 19.9 Å². The molecule has 0 bridgehead atoms. The fourth-order valence-electron chi connectivity index (χ4n) is 3.93. The highest BCUT2D eigenvalue weighted by Gasteiger charge is 2.33. The second kappa shape index (κ2) is 7.38. The highest BCUT2D eigenvalue weighted by atomic mass is 16.5. The van der Waals surface area contributed by atoms with Crippen LogP contribution in [0.3, 0.4) is 0 Å². The van der Waals surface area contributed by atoms with Gasteiger partial charge in [-0.15, -0.1) is 0 Å². The first kappa shape index (κ1) is 16.4. The molecule has 0 unspecified atom stereocenters. The molecule has 7 heteroatoms. The fraction of sp³-hybridized carbons (Fsp3) is 0.875. The maximum Gasteiger partial charge on any atom is 0.409 e. The molecule has 0 aromatic heterocycles. The number of urea groups is 1. The van der Waals surface area contributed by atoms with Crippen LogP contribution < -0.4 is 5.32 Å². The Balaban J connectivity index is 1.41. The molecule has 130 valence electrons. The molecule has 3 aliphatic heterocycles. The predicted molar refractivity (Wildman–Crippen MR) is 86.3 cm³/mol. The molecule has 0 spiro atoms. The highest BCUT2D eigenvalue weighted by Crippen LogP contribution is 2.21. The second-order valence-electron chi connectivity index (χ2n) is 6.81. The second-order valence-corrected chi connectivity index (χ2v) is 6.81. The number of likely N-dealkylation sites (tertiary alicyclic amines) is 3. The summed E-state index contributed by atoms with van der Waals surface area (Å²) in [4.78, 5) is 30.1. The van der Waals surface area contributed by atoms with E-state index in [1.54, 1.807) is 4.90 Å². The first-order chi connectivity index (χ1) is 11.2. The van der Waals surface area contributed by atoms with Crippen LogP contribution in [0.2, 0.25) is 0 Å². The minimum atomic E-state index is -0.275. The monoisotopic (exact) mass is 324 g/mol. The van der Waals surface area contributed by atoms with Crippen molar-refractivity contribution in [3.05, 3.63) is 0 Å². The van der Waals surface area contributed by atoms with E-state index in [1.165, 1.54) is 33.0 Å². The third kappa shape index (κ3) is 3.88. The van der Waals surface area contributed by atoms with Gasteiger partial charge in [-0.1, -0.05) is 0 Å². The fourth-order valence-corrected chi connectivity index (χ4v) is 3.93. The van der Waals surface area contributed by atoms with Crippen molar-refractivity contribution in [1.82, 2.24) is 20.0 Å². The summed E-state index contributed by atoms with van der Waals surface area (Å²) in [5.41, 5.74) is 0. The number of ether oxygens (including phenoxy) is 1. The zero-order valence-electron chi connectivity index (χ0n) is 14.0. The van der Waals surface area contributed by atoms with Crippen LogP contribution in [0.5, 0.6) is 0 Å².